The Morgan fingerprint density at radius 2 is 2.28 bits per heavy atom. The molecular weight excluding hydrogens is 231 g/mol. The van der Waals surface area contributed by atoms with Crippen LogP contribution in [0.1, 0.15) is 30.4 Å². The minimum atomic E-state index is -0.298. The van der Waals surface area contributed by atoms with Gasteiger partial charge in [0.25, 0.3) is 0 Å². The van der Waals surface area contributed by atoms with Gasteiger partial charge in [0.15, 0.2) is 0 Å². The Hall–Kier alpha value is -1.44. The van der Waals surface area contributed by atoms with Crippen molar-refractivity contribution in [2.75, 3.05) is 6.54 Å². The van der Waals surface area contributed by atoms with Gasteiger partial charge in [-0.3, -0.25) is 0 Å². The van der Waals surface area contributed by atoms with Crippen molar-refractivity contribution in [3.05, 3.63) is 35.1 Å². The van der Waals surface area contributed by atoms with Crippen LogP contribution in [0.5, 0.6) is 0 Å². The van der Waals surface area contributed by atoms with E-state index in [-0.39, 0.29) is 17.8 Å². The third-order valence-electron chi connectivity index (χ3n) is 3.52. The minimum absolute atomic E-state index is 0.229. The van der Waals surface area contributed by atoms with Crippen LogP contribution in [0.2, 0.25) is 0 Å². The molecule has 18 heavy (non-hydrogen) atoms. The van der Waals surface area contributed by atoms with Gasteiger partial charge in [-0.2, -0.15) is 5.26 Å². The van der Waals surface area contributed by atoms with Gasteiger partial charge >= 0.3 is 0 Å². The molecule has 0 aromatic heterocycles. The molecule has 0 saturated heterocycles. The molecule has 1 fully saturated rings. The fourth-order valence-electron chi connectivity index (χ4n) is 2.43. The number of nitriles is 1. The zero-order chi connectivity index (χ0) is 13.0. The number of benzene rings is 1. The van der Waals surface area contributed by atoms with Crippen LogP contribution >= 0.6 is 0 Å². The van der Waals surface area contributed by atoms with Crippen LogP contribution in [-0.2, 0) is 6.54 Å². The summed E-state index contributed by atoms with van der Waals surface area (Å²) in [5.74, 6) is -0.0271. The highest BCUT2D eigenvalue weighted by atomic mass is 19.1. The molecule has 0 spiro atoms. The summed E-state index contributed by atoms with van der Waals surface area (Å²) in [7, 11) is 0. The summed E-state index contributed by atoms with van der Waals surface area (Å²) in [5.41, 5.74) is 0.968. The Morgan fingerprint density at radius 3 is 2.94 bits per heavy atom. The molecule has 1 aromatic carbocycles. The first-order valence-electron chi connectivity index (χ1n) is 6.28. The maximum Gasteiger partial charge on any atom is 0.127 e. The molecule has 0 heterocycles. The van der Waals surface area contributed by atoms with Crippen molar-refractivity contribution in [2.24, 2.45) is 5.92 Å². The first kappa shape index (κ1) is 13.0. The summed E-state index contributed by atoms with van der Waals surface area (Å²) in [5, 5.41) is 21.6. The van der Waals surface area contributed by atoms with E-state index in [0.29, 0.717) is 24.2 Å². The predicted octanol–water partition coefficient (Wildman–Crippen LogP) is 1.95. The fourth-order valence-corrected chi connectivity index (χ4v) is 2.43. The van der Waals surface area contributed by atoms with E-state index in [1.165, 1.54) is 12.1 Å². The van der Waals surface area contributed by atoms with Crippen molar-refractivity contribution in [3.8, 4) is 6.07 Å². The average Bonchev–Trinajstić information content (AvgIpc) is 2.77. The number of halogens is 1. The lowest BCUT2D eigenvalue weighted by atomic mass is 10.1. The minimum Gasteiger partial charge on any atom is -0.393 e. The molecule has 0 aliphatic heterocycles. The molecule has 2 N–H and O–H groups in total. The molecule has 0 radical (unpaired) electrons. The monoisotopic (exact) mass is 248 g/mol. The summed E-state index contributed by atoms with van der Waals surface area (Å²) in [4.78, 5) is 0. The molecule has 2 unspecified atom stereocenters. The van der Waals surface area contributed by atoms with E-state index in [2.05, 4.69) is 5.32 Å². The van der Waals surface area contributed by atoms with Gasteiger partial charge in [0.2, 0.25) is 0 Å². The van der Waals surface area contributed by atoms with Crippen LogP contribution in [-0.4, -0.2) is 17.8 Å². The molecule has 1 saturated carbocycles. The summed E-state index contributed by atoms with van der Waals surface area (Å²) in [6.45, 7) is 1.09. The van der Waals surface area contributed by atoms with Gasteiger partial charge in [-0.25, -0.2) is 4.39 Å². The largest absolute Gasteiger partial charge is 0.393 e. The van der Waals surface area contributed by atoms with Crippen LogP contribution in [0.4, 0.5) is 4.39 Å². The van der Waals surface area contributed by atoms with E-state index in [0.717, 1.165) is 19.3 Å². The Bertz CT molecular complexity index is 456. The SMILES string of the molecule is N#Cc1ccc(F)c(CNCC2CCCC2O)c1. The molecule has 0 amide bonds. The Labute approximate surface area is 106 Å². The van der Waals surface area contributed by atoms with Gasteiger partial charge in [0.05, 0.1) is 17.7 Å². The molecule has 0 bridgehead atoms. The Balaban J connectivity index is 1.88. The summed E-state index contributed by atoms with van der Waals surface area (Å²) < 4.78 is 13.5. The topological polar surface area (TPSA) is 56.0 Å². The lowest BCUT2D eigenvalue weighted by Gasteiger charge is -2.15. The van der Waals surface area contributed by atoms with Crippen molar-refractivity contribution >= 4 is 0 Å². The fraction of sp³-hybridized carbons (Fsp3) is 0.500. The lowest BCUT2D eigenvalue weighted by molar-refractivity contribution is 0.131. The molecule has 1 aromatic rings. The second-order valence-corrected chi connectivity index (χ2v) is 4.81. The van der Waals surface area contributed by atoms with Crippen LogP contribution in [0, 0.1) is 23.1 Å². The van der Waals surface area contributed by atoms with Crippen LogP contribution in [0.3, 0.4) is 0 Å². The maximum absolute atomic E-state index is 13.5. The second-order valence-electron chi connectivity index (χ2n) is 4.81. The van der Waals surface area contributed by atoms with Gasteiger partial charge < -0.3 is 10.4 Å². The van der Waals surface area contributed by atoms with E-state index in [4.69, 9.17) is 5.26 Å². The van der Waals surface area contributed by atoms with Crippen molar-refractivity contribution < 1.29 is 9.50 Å². The summed E-state index contributed by atoms with van der Waals surface area (Å²) in [6, 6.07) is 6.35. The summed E-state index contributed by atoms with van der Waals surface area (Å²) in [6.07, 6.45) is 2.72. The predicted molar refractivity (Wildman–Crippen MR) is 66.2 cm³/mol. The van der Waals surface area contributed by atoms with Crippen molar-refractivity contribution in [1.82, 2.24) is 5.32 Å². The number of nitrogens with one attached hydrogen (secondary N) is 1. The number of rotatable bonds is 4. The Kier molecular flexibility index (Phi) is 4.29. The normalized spacial score (nSPS) is 22.9. The van der Waals surface area contributed by atoms with Gasteiger partial charge in [-0.05, 0) is 37.0 Å². The number of nitrogens with zero attached hydrogens (tertiary/aromatic N) is 1. The molecule has 2 rings (SSSR count). The van der Waals surface area contributed by atoms with E-state index >= 15 is 0 Å². The smallest absolute Gasteiger partial charge is 0.127 e. The van der Waals surface area contributed by atoms with Crippen molar-refractivity contribution in [3.63, 3.8) is 0 Å². The zero-order valence-electron chi connectivity index (χ0n) is 10.2. The van der Waals surface area contributed by atoms with Crippen molar-refractivity contribution in [2.45, 2.75) is 31.9 Å². The highest BCUT2D eigenvalue weighted by Gasteiger charge is 2.24. The highest BCUT2D eigenvalue weighted by Crippen LogP contribution is 2.24. The summed E-state index contributed by atoms with van der Waals surface area (Å²) >= 11 is 0. The number of aliphatic hydroxyl groups excluding tert-OH is 1. The second kappa shape index (κ2) is 5.94. The highest BCUT2D eigenvalue weighted by molar-refractivity contribution is 5.33. The van der Waals surface area contributed by atoms with E-state index in [1.807, 2.05) is 6.07 Å². The standard InChI is InChI=1S/C14H17FN2O/c15-13-5-4-10(7-16)6-12(13)9-17-8-11-2-1-3-14(11)18/h4-6,11,14,17-18H,1-3,8-9H2. The number of hydrogen-bond acceptors (Lipinski definition) is 3. The first-order valence-corrected chi connectivity index (χ1v) is 6.28. The van der Waals surface area contributed by atoms with Crippen LogP contribution < -0.4 is 5.32 Å². The number of hydrogen-bond donors (Lipinski definition) is 2. The van der Waals surface area contributed by atoms with E-state index in [1.54, 1.807) is 6.07 Å². The average molecular weight is 248 g/mol. The van der Waals surface area contributed by atoms with Gasteiger partial charge in [-0.1, -0.05) is 6.42 Å². The quantitative estimate of drug-likeness (QED) is 0.856. The zero-order valence-corrected chi connectivity index (χ0v) is 10.2. The van der Waals surface area contributed by atoms with E-state index < -0.39 is 0 Å². The molecule has 1 aliphatic carbocycles. The van der Waals surface area contributed by atoms with Crippen LogP contribution in [0.15, 0.2) is 18.2 Å². The molecular formula is C14H17FN2O. The van der Waals surface area contributed by atoms with Crippen molar-refractivity contribution in [1.29, 1.82) is 5.26 Å². The first-order chi connectivity index (χ1) is 8.70. The lowest BCUT2D eigenvalue weighted by Crippen LogP contribution is -2.27. The Morgan fingerprint density at radius 1 is 1.44 bits per heavy atom. The molecule has 4 heteroatoms. The van der Waals surface area contributed by atoms with Gasteiger partial charge in [0, 0.05) is 18.7 Å². The van der Waals surface area contributed by atoms with Gasteiger partial charge in [-0.15, -0.1) is 0 Å². The van der Waals surface area contributed by atoms with E-state index in [9.17, 15) is 9.50 Å². The molecule has 96 valence electrons. The third kappa shape index (κ3) is 3.06. The molecule has 1 aliphatic rings. The van der Waals surface area contributed by atoms with Gasteiger partial charge in [0.1, 0.15) is 5.82 Å². The molecule has 3 nitrogen and oxygen atoms in total. The maximum atomic E-state index is 13.5. The third-order valence-corrected chi connectivity index (χ3v) is 3.52. The van der Waals surface area contributed by atoms with Crippen LogP contribution in [0.25, 0.3) is 0 Å². The molecule has 2 atom stereocenters. The number of aliphatic hydroxyl groups is 1.